The van der Waals surface area contributed by atoms with Gasteiger partial charge in [-0.2, -0.15) is 0 Å². The summed E-state index contributed by atoms with van der Waals surface area (Å²) in [6, 6.07) is 7.20. The van der Waals surface area contributed by atoms with Gasteiger partial charge in [-0.15, -0.1) is 0 Å². The molecule has 1 aromatic heterocycles. The van der Waals surface area contributed by atoms with Crippen LogP contribution >= 0.6 is 0 Å². The second-order valence-corrected chi connectivity index (χ2v) is 6.26. The molecule has 0 bridgehead atoms. The molecule has 1 heterocycles. The zero-order chi connectivity index (χ0) is 21.3. The molecule has 7 nitrogen and oxygen atoms in total. The van der Waals surface area contributed by atoms with Gasteiger partial charge < -0.3 is 19.5 Å². The maximum atomic E-state index is 13.3. The number of ketones is 1. The Balaban J connectivity index is 2.03. The molecule has 150 valence electrons. The number of aliphatic carboxylic acids is 1. The van der Waals surface area contributed by atoms with E-state index in [-0.39, 0.29) is 22.4 Å². The third-order valence-corrected chi connectivity index (χ3v) is 4.31. The number of ether oxygens (including phenoxy) is 1. The van der Waals surface area contributed by atoms with Crippen molar-refractivity contribution in [2.75, 3.05) is 0 Å². The van der Waals surface area contributed by atoms with Crippen molar-refractivity contribution in [1.29, 1.82) is 0 Å². The van der Waals surface area contributed by atoms with Crippen LogP contribution in [-0.2, 0) is 11.8 Å². The van der Waals surface area contributed by atoms with E-state index in [1.807, 2.05) is 0 Å². The summed E-state index contributed by atoms with van der Waals surface area (Å²) in [7, 11) is 1.37. The first-order valence-corrected chi connectivity index (χ1v) is 8.42. The van der Waals surface area contributed by atoms with Crippen LogP contribution in [0.4, 0.5) is 8.78 Å². The molecule has 0 saturated carbocycles. The molecule has 2 N–H and O–H groups in total. The Morgan fingerprint density at radius 3 is 2.34 bits per heavy atom. The quantitative estimate of drug-likeness (QED) is 0.612. The number of benzene rings is 2. The summed E-state index contributed by atoms with van der Waals surface area (Å²) in [6.07, 6.45) is -0.901. The Morgan fingerprint density at radius 1 is 1.03 bits per heavy atom. The molecule has 0 saturated heterocycles. The molecule has 3 rings (SSSR count). The van der Waals surface area contributed by atoms with Gasteiger partial charge in [0.1, 0.15) is 22.8 Å². The fourth-order valence-corrected chi connectivity index (χ4v) is 2.84. The average Bonchev–Trinajstić information content (AvgIpc) is 2.67. The number of pyridine rings is 1. The second-order valence-electron chi connectivity index (χ2n) is 6.26. The highest BCUT2D eigenvalue weighted by atomic mass is 19.2. The van der Waals surface area contributed by atoms with Crippen LogP contribution in [0.1, 0.15) is 23.2 Å². The first-order valence-electron chi connectivity index (χ1n) is 8.42. The van der Waals surface area contributed by atoms with Crippen LogP contribution in [0, 0.1) is 11.6 Å². The van der Waals surface area contributed by atoms with Gasteiger partial charge in [0.15, 0.2) is 17.4 Å². The van der Waals surface area contributed by atoms with Crippen LogP contribution in [0.3, 0.4) is 0 Å². The molecule has 0 aliphatic rings. The highest BCUT2D eigenvalue weighted by Gasteiger charge is 2.22. The smallest absolute Gasteiger partial charge is 0.303 e. The molecule has 0 aliphatic carbocycles. The van der Waals surface area contributed by atoms with E-state index in [4.69, 9.17) is 9.84 Å². The van der Waals surface area contributed by atoms with Gasteiger partial charge in [-0.25, -0.2) is 8.78 Å². The Labute approximate surface area is 162 Å². The van der Waals surface area contributed by atoms with Crippen LogP contribution in [0.2, 0.25) is 0 Å². The van der Waals surface area contributed by atoms with Gasteiger partial charge in [-0.3, -0.25) is 14.4 Å². The number of carboxylic acids is 1. The Hall–Kier alpha value is -3.75. The fraction of sp³-hybridized carbons (Fsp3) is 0.150. The number of carbonyl (C=O) groups is 2. The molecule has 0 amide bonds. The highest BCUT2D eigenvalue weighted by molar-refractivity contribution is 6.04. The molecule has 29 heavy (non-hydrogen) atoms. The zero-order valence-electron chi connectivity index (χ0n) is 15.1. The van der Waals surface area contributed by atoms with E-state index in [1.165, 1.54) is 31.3 Å². The van der Waals surface area contributed by atoms with Gasteiger partial charge >= 0.3 is 5.97 Å². The lowest BCUT2D eigenvalue weighted by atomic mass is 10.0. The molecule has 0 unspecified atom stereocenters. The first-order chi connectivity index (χ1) is 13.7. The van der Waals surface area contributed by atoms with Gasteiger partial charge in [0.05, 0.1) is 11.9 Å². The monoisotopic (exact) mass is 403 g/mol. The molecule has 2 aromatic carbocycles. The molecule has 9 heteroatoms. The summed E-state index contributed by atoms with van der Waals surface area (Å²) in [5.74, 6) is -4.44. The number of carbonyl (C=O) groups excluding carboxylic acids is 1. The third kappa shape index (κ3) is 3.93. The van der Waals surface area contributed by atoms with Gasteiger partial charge in [-0.1, -0.05) is 0 Å². The lowest BCUT2D eigenvalue weighted by Gasteiger charge is -2.13. The normalized spacial score (nSPS) is 10.9. The van der Waals surface area contributed by atoms with Gasteiger partial charge in [0.25, 0.3) is 5.56 Å². The average molecular weight is 403 g/mol. The number of hydrogen-bond acceptors (Lipinski definition) is 5. The maximum absolute atomic E-state index is 13.3. The molecule has 0 fully saturated rings. The van der Waals surface area contributed by atoms with Gasteiger partial charge in [0.2, 0.25) is 0 Å². The van der Waals surface area contributed by atoms with E-state index in [1.54, 1.807) is 0 Å². The largest absolute Gasteiger partial charge is 0.506 e. The van der Waals surface area contributed by atoms with Crippen molar-refractivity contribution < 1.29 is 33.3 Å². The Kier molecular flexibility index (Phi) is 5.31. The molecular formula is C20H15F2NO6. The lowest BCUT2D eigenvalue weighted by molar-refractivity contribution is -0.136. The van der Waals surface area contributed by atoms with Crippen LogP contribution in [-0.4, -0.2) is 26.5 Å². The summed E-state index contributed by atoms with van der Waals surface area (Å²) >= 11 is 0. The minimum Gasteiger partial charge on any atom is -0.506 e. The minimum absolute atomic E-state index is 0.0259. The highest BCUT2D eigenvalue weighted by Crippen LogP contribution is 2.31. The van der Waals surface area contributed by atoms with E-state index >= 15 is 0 Å². The second kappa shape index (κ2) is 7.70. The topological polar surface area (TPSA) is 106 Å². The number of nitrogens with zero attached hydrogens (tertiary/aromatic N) is 1. The van der Waals surface area contributed by atoms with E-state index in [0.29, 0.717) is 0 Å². The number of halogens is 2. The number of aromatic hydroxyl groups is 1. The molecule has 0 atom stereocenters. The van der Waals surface area contributed by atoms with Crippen molar-refractivity contribution in [3.8, 4) is 17.2 Å². The number of fused-ring (bicyclic) bond motifs is 1. The molecule has 3 aromatic rings. The molecule has 0 spiro atoms. The minimum atomic E-state index is -1.20. The van der Waals surface area contributed by atoms with E-state index in [2.05, 4.69) is 0 Å². The first kappa shape index (κ1) is 20.0. The third-order valence-electron chi connectivity index (χ3n) is 4.31. The number of carboxylic acid groups (broad SMARTS) is 1. The SMILES string of the molecule is Cn1c(=O)c(C(=O)CCC(=O)O)c(O)c2ccc(Oc3ccc(F)c(F)c3)cc21. The molecular weight excluding hydrogens is 388 g/mol. The predicted octanol–water partition coefficient (Wildman–Crippen LogP) is 3.36. The Bertz CT molecular complexity index is 1200. The number of aryl methyl sites for hydroxylation is 1. The van der Waals surface area contributed by atoms with Crippen molar-refractivity contribution in [3.63, 3.8) is 0 Å². The fourth-order valence-electron chi connectivity index (χ4n) is 2.84. The summed E-state index contributed by atoms with van der Waals surface area (Å²) in [5, 5.41) is 19.3. The van der Waals surface area contributed by atoms with Crippen LogP contribution < -0.4 is 10.3 Å². The Morgan fingerprint density at radius 2 is 1.69 bits per heavy atom. The molecule has 0 aliphatic heterocycles. The van der Waals surface area contributed by atoms with Crippen molar-refractivity contribution in [2.45, 2.75) is 12.8 Å². The standard InChI is InChI=1S/C20H15F2NO6/c1-23-15-9-11(29-10-3-5-13(21)14(22)8-10)2-4-12(15)19(27)18(20(23)28)16(24)6-7-17(25)26/h2-5,8-9,27H,6-7H2,1H3,(H,25,26). The predicted molar refractivity (Wildman–Crippen MR) is 98.5 cm³/mol. The van der Waals surface area contributed by atoms with Crippen molar-refractivity contribution in [2.24, 2.45) is 7.05 Å². The van der Waals surface area contributed by atoms with E-state index in [0.717, 1.165) is 16.7 Å². The number of hydrogen-bond donors (Lipinski definition) is 2. The van der Waals surface area contributed by atoms with Crippen molar-refractivity contribution in [1.82, 2.24) is 4.57 Å². The van der Waals surface area contributed by atoms with Gasteiger partial charge in [0, 0.05) is 31.0 Å². The number of Topliss-reactive ketones (excluding diaryl/α,β-unsaturated/α-hetero) is 1. The van der Waals surface area contributed by atoms with Crippen molar-refractivity contribution >= 4 is 22.7 Å². The van der Waals surface area contributed by atoms with Gasteiger partial charge in [-0.05, 0) is 24.3 Å². The van der Waals surface area contributed by atoms with Crippen LogP contribution in [0.25, 0.3) is 10.9 Å². The van der Waals surface area contributed by atoms with Crippen molar-refractivity contribution in [3.05, 3.63) is 63.9 Å². The molecule has 0 radical (unpaired) electrons. The van der Waals surface area contributed by atoms with Crippen LogP contribution in [0.5, 0.6) is 17.2 Å². The van der Waals surface area contributed by atoms with E-state index in [9.17, 15) is 28.3 Å². The lowest BCUT2D eigenvalue weighted by Crippen LogP contribution is -2.25. The maximum Gasteiger partial charge on any atom is 0.303 e. The number of aromatic nitrogens is 1. The summed E-state index contributed by atoms with van der Waals surface area (Å²) < 4.78 is 32.9. The summed E-state index contributed by atoms with van der Waals surface area (Å²) in [5.41, 5.74) is -1.06. The zero-order valence-corrected chi connectivity index (χ0v) is 15.1. The van der Waals surface area contributed by atoms with Crippen LogP contribution in [0.15, 0.2) is 41.2 Å². The summed E-state index contributed by atoms with van der Waals surface area (Å²) in [6.45, 7) is 0. The van der Waals surface area contributed by atoms with E-state index < -0.39 is 53.1 Å². The summed E-state index contributed by atoms with van der Waals surface area (Å²) in [4.78, 5) is 35.4. The number of rotatable bonds is 6.